The minimum Gasteiger partial charge on any atom is -0.467 e. The SMILES string of the molecule is C=C=CC(C(=O)OC)N(CC=C)C(=O)OCc1ccccc1. The van der Waals surface area contributed by atoms with E-state index in [1.54, 1.807) is 0 Å². The normalized spacial score (nSPS) is 10.8. The number of hydrogen-bond donors (Lipinski definition) is 0. The molecule has 0 bridgehead atoms. The lowest BCUT2D eigenvalue weighted by Crippen LogP contribution is -2.44. The summed E-state index contributed by atoms with van der Waals surface area (Å²) < 4.78 is 9.91. The number of amides is 1. The zero-order chi connectivity index (χ0) is 16.4. The highest BCUT2D eigenvalue weighted by Crippen LogP contribution is 2.09. The van der Waals surface area contributed by atoms with Crippen LogP contribution in [0.25, 0.3) is 0 Å². The van der Waals surface area contributed by atoms with Crippen molar-refractivity contribution in [1.29, 1.82) is 0 Å². The number of rotatable bonds is 7. The molecule has 0 aliphatic heterocycles. The maximum atomic E-state index is 12.2. The standard InChI is InChI=1S/C17H19NO4/c1-4-9-15(16(19)21-3)18(12-5-2)17(20)22-13-14-10-7-6-8-11-14/h5-11,15H,1-2,12-13H2,3H3. The van der Waals surface area contributed by atoms with Gasteiger partial charge in [-0.1, -0.05) is 43.0 Å². The number of hydrogen-bond acceptors (Lipinski definition) is 4. The van der Waals surface area contributed by atoms with Gasteiger partial charge >= 0.3 is 12.1 Å². The minimum atomic E-state index is -0.955. The molecule has 5 heteroatoms. The van der Waals surface area contributed by atoms with Crippen molar-refractivity contribution in [2.75, 3.05) is 13.7 Å². The second kappa shape index (κ2) is 9.21. The van der Waals surface area contributed by atoms with Crippen LogP contribution in [-0.4, -0.2) is 36.7 Å². The first-order valence-electron chi connectivity index (χ1n) is 6.66. The van der Waals surface area contributed by atoms with Crippen molar-refractivity contribution >= 4 is 12.1 Å². The Balaban J connectivity index is 2.83. The van der Waals surface area contributed by atoms with Gasteiger partial charge in [0.1, 0.15) is 6.61 Å². The fourth-order valence-electron chi connectivity index (χ4n) is 1.76. The number of carbonyl (C=O) groups excluding carboxylic acids is 2. The third-order valence-electron chi connectivity index (χ3n) is 2.82. The summed E-state index contributed by atoms with van der Waals surface area (Å²) >= 11 is 0. The highest BCUT2D eigenvalue weighted by molar-refractivity contribution is 5.83. The fourth-order valence-corrected chi connectivity index (χ4v) is 1.76. The first-order valence-corrected chi connectivity index (χ1v) is 6.66. The predicted octanol–water partition coefficient (Wildman–Crippen LogP) is 2.69. The monoisotopic (exact) mass is 301 g/mol. The van der Waals surface area contributed by atoms with Gasteiger partial charge in [0.2, 0.25) is 0 Å². The zero-order valence-electron chi connectivity index (χ0n) is 12.5. The van der Waals surface area contributed by atoms with Crippen LogP contribution in [0.5, 0.6) is 0 Å². The van der Waals surface area contributed by atoms with Crippen LogP contribution in [0.3, 0.4) is 0 Å². The van der Waals surface area contributed by atoms with Crippen molar-refractivity contribution in [3.8, 4) is 0 Å². The van der Waals surface area contributed by atoms with Crippen LogP contribution in [0.15, 0.2) is 61.4 Å². The lowest BCUT2D eigenvalue weighted by Gasteiger charge is -2.25. The fraction of sp³-hybridized carbons (Fsp3) is 0.235. The number of benzene rings is 1. The molecule has 0 aliphatic carbocycles. The topological polar surface area (TPSA) is 55.8 Å². The molecule has 0 saturated heterocycles. The van der Waals surface area contributed by atoms with E-state index in [-0.39, 0.29) is 13.2 Å². The van der Waals surface area contributed by atoms with Gasteiger partial charge in [0, 0.05) is 6.54 Å². The van der Waals surface area contributed by atoms with Gasteiger partial charge in [-0.3, -0.25) is 4.90 Å². The maximum Gasteiger partial charge on any atom is 0.411 e. The van der Waals surface area contributed by atoms with E-state index in [0.717, 1.165) is 5.56 Å². The molecule has 0 N–H and O–H groups in total. The van der Waals surface area contributed by atoms with Crippen molar-refractivity contribution in [3.05, 3.63) is 66.9 Å². The van der Waals surface area contributed by atoms with Gasteiger partial charge in [-0.15, -0.1) is 12.3 Å². The highest BCUT2D eigenvalue weighted by atomic mass is 16.6. The van der Waals surface area contributed by atoms with E-state index in [9.17, 15) is 9.59 Å². The molecule has 1 rings (SSSR count). The second-order valence-electron chi connectivity index (χ2n) is 4.32. The molecule has 0 saturated carbocycles. The summed E-state index contributed by atoms with van der Waals surface area (Å²) in [7, 11) is 1.24. The minimum absolute atomic E-state index is 0.110. The molecule has 5 nitrogen and oxygen atoms in total. The van der Waals surface area contributed by atoms with Gasteiger partial charge in [0.05, 0.1) is 7.11 Å². The Morgan fingerprint density at radius 2 is 2.05 bits per heavy atom. The molecule has 1 amide bonds. The Hall–Kier alpha value is -2.78. The van der Waals surface area contributed by atoms with Crippen molar-refractivity contribution < 1.29 is 19.1 Å². The Labute approximate surface area is 130 Å². The molecular weight excluding hydrogens is 282 g/mol. The Morgan fingerprint density at radius 1 is 1.36 bits per heavy atom. The molecule has 0 spiro atoms. The van der Waals surface area contributed by atoms with E-state index < -0.39 is 18.1 Å². The number of ether oxygens (including phenoxy) is 2. The molecule has 0 heterocycles. The van der Waals surface area contributed by atoms with Gasteiger partial charge in [-0.05, 0) is 11.6 Å². The number of carbonyl (C=O) groups is 2. The molecule has 1 unspecified atom stereocenters. The molecule has 0 aromatic heterocycles. The van der Waals surface area contributed by atoms with Gasteiger partial charge in [0.25, 0.3) is 0 Å². The number of nitrogens with zero attached hydrogens (tertiary/aromatic N) is 1. The molecule has 1 aromatic rings. The van der Waals surface area contributed by atoms with Crippen LogP contribution in [0, 0.1) is 0 Å². The molecule has 0 aliphatic rings. The van der Waals surface area contributed by atoms with Gasteiger partial charge in [-0.2, -0.15) is 0 Å². The Morgan fingerprint density at radius 3 is 2.59 bits per heavy atom. The van der Waals surface area contributed by atoms with Crippen LogP contribution in [0.2, 0.25) is 0 Å². The van der Waals surface area contributed by atoms with Crippen molar-refractivity contribution in [2.45, 2.75) is 12.6 Å². The molecular formula is C17H19NO4. The summed E-state index contributed by atoms with van der Waals surface area (Å²) in [6.07, 6.45) is 2.20. The quantitative estimate of drug-likeness (QED) is 0.441. The summed E-state index contributed by atoms with van der Waals surface area (Å²) in [5, 5.41) is 0. The van der Waals surface area contributed by atoms with Crippen molar-refractivity contribution in [2.24, 2.45) is 0 Å². The molecule has 0 radical (unpaired) electrons. The largest absolute Gasteiger partial charge is 0.467 e. The average Bonchev–Trinajstić information content (AvgIpc) is 2.56. The van der Waals surface area contributed by atoms with E-state index in [4.69, 9.17) is 4.74 Å². The van der Waals surface area contributed by atoms with Gasteiger partial charge in [-0.25, -0.2) is 9.59 Å². The van der Waals surface area contributed by atoms with Crippen molar-refractivity contribution in [1.82, 2.24) is 4.90 Å². The number of esters is 1. The van der Waals surface area contributed by atoms with Crippen LogP contribution < -0.4 is 0 Å². The highest BCUT2D eigenvalue weighted by Gasteiger charge is 2.29. The Bertz CT molecular complexity index is 561. The predicted molar refractivity (Wildman–Crippen MR) is 83.0 cm³/mol. The first kappa shape index (κ1) is 17.3. The third kappa shape index (κ3) is 4.96. The Kier molecular flexibility index (Phi) is 7.23. The van der Waals surface area contributed by atoms with E-state index in [1.165, 1.54) is 24.2 Å². The van der Waals surface area contributed by atoms with Crippen molar-refractivity contribution in [3.63, 3.8) is 0 Å². The van der Waals surface area contributed by atoms with E-state index in [2.05, 4.69) is 23.6 Å². The van der Waals surface area contributed by atoms with E-state index >= 15 is 0 Å². The van der Waals surface area contributed by atoms with Gasteiger partial charge < -0.3 is 9.47 Å². The average molecular weight is 301 g/mol. The van der Waals surface area contributed by atoms with Crippen LogP contribution in [-0.2, 0) is 20.9 Å². The first-order chi connectivity index (χ1) is 10.6. The molecule has 1 aromatic carbocycles. The van der Waals surface area contributed by atoms with E-state index in [0.29, 0.717) is 0 Å². The summed E-state index contributed by atoms with van der Waals surface area (Å²) in [4.78, 5) is 25.2. The number of methoxy groups -OCH3 is 1. The summed E-state index contributed by atoms with van der Waals surface area (Å²) in [6, 6.07) is 8.30. The van der Waals surface area contributed by atoms with E-state index in [1.807, 2.05) is 30.3 Å². The lowest BCUT2D eigenvalue weighted by molar-refractivity contribution is -0.144. The van der Waals surface area contributed by atoms with Crippen LogP contribution in [0.1, 0.15) is 5.56 Å². The lowest BCUT2D eigenvalue weighted by atomic mass is 10.2. The molecule has 0 fully saturated rings. The molecule has 1 atom stereocenters. The summed E-state index contributed by atoms with van der Waals surface area (Å²) in [6.45, 7) is 7.24. The summed E-state index contributed by atoms with van der Waals surface area (Å²) in [5.74, 6) is -0.602. The van der Waals surface area contributed by atoms with Gasteiger partial charge in [0.15, 0.2) is 6.04 Å². The smallest absolute Gasteiger partial charge is 0.411 e. The van der Waals surface area contributed by atoms with Crippen LogP contribution in [0.4, 0.5) is 4.79 Å². The summed E-state index contributed by atoms with van der Waals surface area (Å²) in [5.41, 5.74) is 3.34. The zero-order valence-corrected chi connectivity index (χ0v) is 12.5. The van der Waals surface area contributed by atoms with Crippen LogP contribution >= 0.6 is 0 Å². The second-order valence-corrected chi connectivity index (χ2v) is 4.32. The third-order valence-corrected chi connectivity index (χ3v) is 2.82. The molecule has 116 valence electrons. The maximum absolute atomic E-state index is 12.2. The molecule has 22 heavy (non-hydrogen) atoms.